The molecule has 4 rings (SSSR count). The monoisotopic (exact) mass is 407 g/mol. The Hall–Kier alpha value is -3.67. The summed E-state index contributed by atoms with van der Waals surface area (Å²) in [4.78, 5) is 13.0. The van der Waals surface area contributed by atoms with Crippen LogP contribution in [0.3, 0.4) is 0 Å². The molecular formula is C24H19F2NO3. The first-order chi connectivity index (χ1) is 14.5. The van der Waals surface area contributed by atoms with Gasteiger partial charge in [-0.1, -0.05) is 18.7 Å². The number of aryl methyl sites for hydroxylation is 1. The summed E-state index contributed by atoms with van der Waals surface area (Å²) in [5, 5.41) is 0. The maximum Gasteiger partial charge on any atom is 0.330 e. The molecule has 0 aromatic heterocycles. The zero-order chi connectivity index (χ0) is 21.1. The van der Waals surface area contributed by atoms with Crippen molar-refractivity contribution in [3.63, 3.8) is 0 Å². The summed E-state index contributed by atoms with van der Waals surface area (Å²) < 4.78 is 38.2. The largest absolute Gasteiger partial charge is 0.463 e. The van der Waals surface area contributed by atoms with Crippen LogP contribution in [0.4, 0.5) is 25.8 Å². The van der Waals surface area contributed by atoms with Crippen molar-refractivity contribution < 1.29 is 23.0 Å². The van der Waals surface area contributed by atoms with Crippen molar-refractivity contribution in [1.82, 2.24) is 0 Å². The van der Waals surface area contributed by atoms with E-state index >= 15 is 0 Å². The first-order valence-electron chi connectivity index (χ1n) is 9.50. The molecule has 152 valence electrons. The van der Waals surface area contributed by atoms with Crippen LogP contribution in [0, 0.1) is 11.6 Å². The zero-order valence-electron chi connectivity index (χ0n) is 16.1. The Morgan fingerprint density at radius 3 is 2.13 bits per heavy atom. The van der Waals surface area contributed by atoms with E-state index < -0.39 is 17.6 Å². The van der Waals surface area contributed by atoms with Gasteiger partial charge in [-0.3, -0.25) is 0 Å². The Kier molecular flexibility index (Phi) is 5.48. The van der Waals surface area contributed by atoms with E-state index in [1.807, 2.05) is 29.2 Å². The number of nitrogens with zero attached hydrogens (tertiary/aromatic N) is 1. The number of hydrogen-bond acceptors (Lipinski definition) is 4. The Labute approximate surface area is 173 Å². The molecule has 0 unspecified atom stereocenters. The van der Waals surface area contributed by atoms with Crippen molar-refractivity contribution in [1.29, 1.82) is 0 Å². The van der Waals surface area contributed by atoms with E-state index in [1.165, 1.54) is 24.3 Å². The summed E-state index contributed by atoms with van der Waals surface area (Å²) in [5.74, 6) is -0.646. The van der Waals surface area contributed by atoms with Crippen LogP contribution in [0.1, 0.15) is 12.0 Å². The Morgan fingerprint density at radius 1 is 0.967 bits per heavy atom. The number of fused-ring (bicyclic) bond motifs is 2. The lowest BCUT2D eigenvalue weighted by Gasteiger charge is -2.33. The minimum Gasteiger partial charge on any atom is -0.463 e. The van der Waals surface area contributed by atoms with E-state index in [2.05, 4.69) is 6.58 Å². The summed E-state index contributed by atoms with van der Waals surface area (Å²) in [6.07, 6.45) is 2.59. The molecule has 0 fully saturated rings. The van der Waals surface area contributed by atoms with Crippen LogP contribution in [-0.4, -0.2) is 12.6 Å². The highest BCUT2D eigenvalue weighted by molar-refractivity contribution is 5.86. The van der Waals surface area contributed by atoms with Gasteiger partial charge in [0.15, 0.2) is 11.5 Å². The average molecular weight is 407 g/mol. The maximum atomic E-state index is 13.7. The smallest absolute Gasteiger partial charge is 0.330 e. The summed E-state index contributed by atoms with van der Waals surface area (Å²) in [5.41, 5.74) is 3.25. The lowest BCUT2D eigenvalue weighted by molar-refractivity contribution is -0.137. The van der Waals surface area contributed by atoms with Crippen LogP contribution in [0.25, 0.3) is 0 Å². The van der Waals surface area contributed by atoms with Gasteiger partial charge in [-0.15, -0.1) is 0 Å². The number of carbonyl (C=O) groups is 1. The van der Waals surface area contributed by atoms with Crippen LogP contribution in [0.15, 0.2) is 73.3 Å². The molecule has 30 heavy (non-hydrogen) atoms. The van der Waals surface area contributed by atoms with E-state index in [-0.39, 0.29) is 0 Å². The second kappa shape index (κ2) is 8.37. The number of hydrogen-bond donors (Lipinski definition) is 0. The molecule has 1 heterocycles. The van der Waals surface area contributed by atoms with Crippen molar-refractivity contribution in [2.75, 3.05) is 11.5 Å². The molecule has 0 bridgehead atoms. The lowest BCUT2D eigenvalue weighted by atomic mass is 10.1. The molecule has 6 heteroatoms. The number of benzene rings is 3. The molecule has 0 saturated carbocycles. The van der Waals surface area contributed by atoms with Crippen LogP contribution in [-0.2, 0) is 16.0 Å². The van der Waals surface area contributed by atoms with Crippen molar-refractivity contribution in [3.8, 4) is 11.5 Å². The third kappa shape index (κ3) is 4.03. The van der Waals surface area contributed by atoms with Crippen molar-refractivity contribution in [2.24, 2.45) is 0 Å². The molecule has 3 aromatic rings. The fourth-order valence-corrected chi connectivity index (χ4v) is 3.35. The van der Waals surface area contributed by atoms with Crippen LogP contribution in [0.2, 0.25) is 0 Å². The SMILES string of the molecule is C=CC(=O)OCCCc1ccc(N2c3ccc(F)cc3Oc3cc(F)ccc32)cc1. The third-order valence-corrected chi connectivity index (χ3v) is 4.76. The standard InChI is InChI=1S/C24H19F2NO3/c1-2-24(28)29-13-3-4-16-5-9-19(10-6-16)27-20-11-7-17(25)14-22(20)30-23-15-18(26)8-12-21(23)27/h2,5-12,14-15H,1,3-4,13H2. The fourth-order valence-electron chi connectivity index (χ4n) is 3.35. The second-order valence-corrected chi connectivity index (χ2v) is 6.80. The number of halogens is 2. The van der Waals surface area contributed by atoms with Crippen molar-refractivity contribution in [3.05, 3.63) is 90.5 Å². The van der Waals surface area contributed by atoms with Gasteiger partial charge < -0.3 is 14.4 Å². The lowest BCUT2D eigenvalue weighted by Crippen LogP contribution is -2.16. The molecule has 0 spiro atoms. The zero-order valence-corrected chi connectivity index (χ0v) is 16.1. The summed E-state index contributed by atoms with van der Waals surface area (Å²) in [6, 6.07) is 16.4. The molecule has 1 aliphatic heterocycles. The van der Waals surface area contributed by atoms with Gasteiger partial charge in [-0.25, -0.2) is 13.6 Å². The minimum absolute atomic E-state index is 0.321. The quantitative estimate of drug-likeness (QED) is 0.217. The molecule has 0 amide bonds. The Morgan fingerprint density at radius 2 is 1.57 bits per heavy atom. The first kappa shape index (κ1) is 19.6. The van der Waals surface area contributed by atoms with Gasteiger partial charge in [0.1, 0.15) is 11.6 Å². The number of ether oxygens (including phenoxy) is 2. The predicted molar refractivity (Wildman–Crippen MR) is 111 cm³/mol. The molecule has 0 saturated heterocycles. The predicted octanol–water partition coefficient (Wildman–Crippen LogP) is 6.20. The third-order valence-electron chi connectivity index (χ3n) is 4.76. The van der Waals surface area contributed by atoms with Crippen LogP contribution < -0.4 is 9.64 Å². The van der Waals surface area contributed by atoms with Gasteiger partial charge in [-0.05, 0) is 54.8 Å². The number of carbonyl (C=O) groups excluding carboxylic acids is 1. The van der Waals surface area contributed by atoms with E-state index in [1.54, 1.807) is 12.1 Å². The van der Waals surface area contributed by atoms with E-state index in [0.29, 0.717) is 35.9 Å². The fraction of sp³-hybridized carbons (Fsp3) is 0.125. The van der Waals surface area contributed by atoms with Gasteiger partial charge in [0.25, 0.3) is 0 Å². The van der Waals surface area contributed by atoms with Crippen molar-refractivity contribution in [2.45, 2.75) is 12.8 Å². The molecular weight excluding hydrogens is 388 g/mol. The van der Waals surface area contributed by atoms with Crippen LogP contribution in [0.5, 0.6) is 11.5 Å². The van der Waals surface area contributed by atoms with Gasteiger partial charge in [0.2, 0.25) is 0 Å². The van der Waals surface area contributed by atoms with Crippen LogP contribution >= 0.6 is 0 Å². The summed E-state index contributed by atoms with van der Waals surface area (Å²) in [6.45, 7) is 3.69. The second-order valence-electron chi connectivity index (χ2n) is 6.80. The van der Waals surface area contributed by atoms with E-state index in [0.717, 1.165) is 23.7 Å². The Balaban J connectivity index is 1.59. The molecule has 0 aliphatic carbocycles. The molecule has 4 nitrogen and oxygen atoms in total. The highest BCUT2D eigenvalue weighted by Gasteiger charge is 2.26. The van der Waals surface area contributed by atoms with Gasteiger partial charge in [-0.2, -0.15) is 0 Å². The van der Waals surface area contributed by atoms with Crippen molar-refractivity contribution >= 4 is 23.0 Å². The minimum atomic E-state index is -0.430. The molecule has 3 aromatic carbocycles. The molecule has 0 atom stereocenters. The molecule has 0 N–H and O–H groups in total. The highest BCUT2D eigenvalue weighted by Crippen LogP contribution is 2.50. The normalized spacial score (nSPS) is 11.9. The van der Waals surface area contributed by atoms with E-state index in [9.17, 15) is 13.6 Å². The highest BCUT2D eigenvalue weighted by atomic mass is 19.1. The van der Waals surface area contributed by atoms with Gasteiger partial charge in [0, 0.05) is 23.9 Å². The number of anilines is 3. The topological polar surface area (TPSA) is 38.8 Å². The van der Waals surface area contributed by atoms with Gasteiger partial charge >= 0.3 is 5.97 Å². The van der Waals surface area contributed by atoms with Gasteiger partial charge in [0.05, 0.1) is 18.0 Å². The average Bonchev–Trinajstić information content (AvgIpc) is 2.75. The summed E-state index contributed by atoms with van der Waals surface area (Å²) in [7, 11) is 0. The Bertz CT molecular complexity index is 1040. The maximum absolute atomic E-state index is 13.7. The summed E-state index contributed by atoms with van der Waals surface area (Å²) >= 11 is 0. The van der Waals surface area contributed by atoms with E-state index in [4.69, 9.17) is 9.47 Å². The molecule has 0 radical (unpaired) electrons. The number of esters is 1. The first-order valence-corrected chi connectivity index (χ1v) is 9.50. The molecule has 1 aliphatic rings. The number of rotatable bonds is 6.